The number of fused-ring (bicyclic) bond motifs is 1. The molecule has 1 heterocycles. The fourth-order valence-corrected chi connectivity index (χ4v) is 3.17. The van der Waals surface area contributed by atoms with Gasteiger partial charge in [-0.25, -0.2) is 4.68 Å². The van der Waals surface area contributed by atoms with E-state index in [1.165, 1.54) is 12.1 Å². The average Bonchev–Trinajstić information content (AvgIpc) is 2.94. The summed E-state index contributed by atoms with van der Waals surface area (Å²) in [6.07, 6.45) is 0.730. The summed E-state index contributed by atoms with van der Waals surface area (Å²) in [6.45, 7) is 2.83. The number of hydrogen-bond donors (Lipinski definition) is 0. The van der Waals surface area contributed by atoms with E-state index in [1.54, 1.807) is 22.4 Å². The van der Waals surface area contributed by atoms with Crippen LogP contribution in [0.2, 0.25) is 0 Å². The van der Waals surface area contributed by atoms with Gasteiger partial charge in [0, 0.05) is 25.1 Å². The highest BCUT2D eigenvalue weighted by Crippen LogP contribution is 2.20. The molecule has 0 bridgehead atoms. The van der Waals surface area contributed by atoms with E-state index in [1.807, 2.05) is 30.3 Å². The van der Waals surface area contributed by atoms with Crippen LogP contribution in [0.3, 0.4) is 0 Å². The van der Waals surface area contributed by atoms with Gasteiger partial charge in [0.15, 0.2) is 0 Å². The van der Waals surface area contributed by atoms with E-state index < -0.39 is 4.92 Å². The van der Waals surface area contributed by atoms with Gasteiger partial charge in [-0.1, -0.05) is 30.3 Å². The second-order valence-electron chi connectivity index (χ2n) is 6.34. The van der Waals surface area contributed by atoms with Crippen LogP contribution in [-0.4, -0.2) is 26.9 Å². The quantitative estimate of drug-likeness (QED) is 0.338. The highest BCUT2D eigenvalue weighted by Gasteiger charge is 2.17. The van der Waals surface area contributed by atoms with Gasteiger partial charge >= 0.3 is 5.97 Å². The van der Waals surface area contributed by atoms with Crippen molar-refractivity contribution in [2.45, 2.75) is 32.9 Å². The maximum Gasteiger partial charge on any atom is 0.305 e. The number of rotatable bonds is 8. The number of benzene rings is 2. The minimum atomic E-state index is -0.515. The van der Waals surface area contributed by atoms with Crippen LogP contribution in [0.25, 0.3) is 10.9 Å². The highest BCUT2D eigenvalue weighted by atomic mass is 16.6. The lowest BCUT2D eigenvalue weighted by molar-refractivity contribution is -0.384. The largest absolute Gasteiger partial charge is 0.466 e. The van der Waals surface area contributed by atoms with Gasteiger partial charge in [-0.2, -0.15) is 0 Å². The third-order valence-corrected chi connectivity index (χ3v) is 4.46. The van der Waals surface area contributed by atoms with Crippen molar-refractivity contribution >= 4 is 22.6 Å². The molecule has 8 nitrogen and oxygen atoms in total. The van der Waals surface area contributed by atoms with Crippen LogP contribution in [0.1, 0.15) is 25.3 Å². The Morgan fingerprint density at radius 1 is 1.14 bits per heavy atom. The molecule has 0 saturated heterocycles. The minimum Gasteiger partial charge on any atom is -0.466 e. The van der Waals surface area contributed by atoms with Gasteiger partial charge in [-0.15, -0.1) is 0 Å². The first-order valence-electron chi connectivity index (χ1n) is 9.08. The third-order valence-electron chi connectivity index (χ3n) is 4.46. The Morgan fingerprint density at radius 3 is 2.57 bits per heavy atom. The second kappa shape index (κ2) is 8.51. The smallest absolute Gasteiger partial charge is 0.305 e. The van der Waals surface area contributed by atoms with E-state index >= 15 is 0 Å². The van der Waals surface area contributed by atoms with Crippen LogP contribution >= 0.6 is 0 Å². The fraction of sp³-hybridized carbons (Fsp3) is 0.300. The molecule has 0 fully saturated rings. The summed E-state index contributed by atoms with van der Waals surface area (Å²) < 4.78 is 8.30. The molecule has 1 aromatic heterocycles. The van der Waals surface area contributed by atoms with Crippen LogP contribution in [-0.2, 0) is 22.6 Å². The van der Waals surface area contributed by atoms with Crippen molar-refractivity contribution in [2.24, 2.45) is 0 Å². The number of nitro groups is 1. The number of carbonyl (C=O) groups is 1. The molecule has 146 valence electrons. The van der Waals surface area contributed by atoms with E-state index in [4.69, 9.17) is 4.74 Å². The van der Waals surface area contributed by atoms with Crippen molar-refractivity contribution in [3.05, 3.63) is 74.6 Å². The summed E-state index contributed by atoms with van der Waals surface area (Å²) >= 11 is 0. The molecule has 2 aromatic carbocycles. The summed E-state index contributed by atoms with van der Waals surface area (Å²) in [7, 11) is 0. The first-order chi connectivity index (χ1) is 13.5. The van der Waals surface area contributed by atoms with Crippen molar-refractivity contribution in [3.63, 3.8) is 0 Å². The van der Waals surface area contributed by atoms with Crippen molar-refractivity contribution < 1.29 is 14.5 Å². The summed E-state index contributed by atoms with van der Waals surface area (Å²) in [5, 5.41) is 11.4. The van der Waals surface area contributed by atoms with Crippen molar-refractivity contribution in [1.29, 1.82) is 0 Å². The van der Waals surface area contributed by atoms with Crippen LogP contribution < -0.4 is 5.56 Å². The molecule has 0 aliphatic heterocycles. The number of carbonyl (C=O) groups excluding carboxylic acids is 1. The Morgan fingerprint density at radius 2 is 1.89 bits per heavy atom. The summed E-state index contributed by atoms with van der Waals surface area (Å²) in [5.41, 5.74) is 1.13. The summed E-state index contributed by atoms with van der Waals surface area (Å²) in [5.74, 6) is -0.286. The van der Waals surface area contributed by atoms with Crippen molar-refractivity contribution in [1.82, 2.24) is 9.36 Å². The van der Waals surface area contributed by atoms with Gasteiger partial charge in [-0.3, -0.25) is 24.4 Å². The lowest BCUT2D eigenvalue weighted by atomic mass is 10.2. The lowest BCUT2D eigenvalue weighted by Crippen LogP contribution is -2.24. The van der Waals surface area contributed by atoms with Crippen LogP contribution in [0.15, 0.2) is 53.3 Å². The van der Waals surface area contributed by atoms with Gasteiger partial charge in [0.05, 0.1) is 29.0 Å². The van der Waals surface area contributed by atoms with Gasteiger partial charge in [0.2, 0.25) is 0 Å². The molecule has 0 amide bonds. The summed E-state index contributed by atoms with van der Waals surface area (Å²) in [6, 6.07) is 13.8. The van der Waals surface area contributed by atoms with Crippen molar-refractivity contribution in [2.75, 3.05) is 6.61 Å². The van der Waals surface area contributed by atoms with Gasteiger partial charge in [-0.05, 0) is 25.0 Å². The number of aryl methyl sites for hydroxylation is 1. The van der Waals surface area contributed by atoms with E-state index in [9.17, 15) is 19.7 Å². The molecular weight excluding hydrogens is 362 g/mol. The molecule has 8 heteroatoms. The zero-order chi connectivity index (χ0) is 20.1. The van der Waals surface area contributed by atoms with E-state index in [2.05, 4.69) is 0 Å². The van der Waals surface area contributed by atoms with E-state index in [0.717, 1.165) is 5.56 Å². The predicted molar refractivity (Wildman–Crippen MR) is 104 cm³/mol. The van der Waals surface area contributed by atoms with Crippen LogP contribution in [0.4, 0.5) is 5.69 Å². The van der Waals surface area contributed by atoms with Gasteiger partial charge < -0.3 is 4.74 Å². The zero-order valence-electron chi connectivity index (χ0n) is 15.5. The molecule has 0 unspecified atom stereocenters. The summed E-state index contributed by atoms with van der Waals surface area (Å²) in [4.78, 5) is 35.1. The number of nitrogens with zero attached hydrogens (tertiary/aromatic N) is 3. The average molecular weight is 383 g/mol. The van der Waals surface area contributed by atoms with E-state index in [0.29, 0.717) is 37.0 Å². The molecule has 0 aliphatic rings. The van der Waals surface area contributed by atoms with Gasteiger partial charge in [0.25, 0.3) is 11.2 Å². The Kier molecular flexibility index (Phi) is 5.88. The Bertz CT molecular complexity index is 1050. The molecule has 0 atom stereocenters. The third kappa shape index (κ3) is 4.11. The molecular formula is C20H21N3O5. The number of non-ortho nitro benzene ring substituents is 1. The number of aromatic nitrogens is 2. The maximum absolute atomic E-state index is 13.0. The number of ether oxygens (including phenoxy) is 1. The number of hydrogen-bond acceptors (Lipinski definition) is 5. The van der Waals surface area contributed by atoms with Crippen LogP contribution in [0.5, 0.6) is 0 Å². The highest BCUT2D eigenvalue weighted by molar-refractivity contribution is 5.81. The zero-order valence-corrected chi connectivity index (χ0v) is 15.5. The normalized spacial score (nSPS) is 10.9. The number of esters is 1. The van der Waals surface area contributed by atoms with Crippen LogP contribution in [0, 0.1) is 10.1 Å². The molecule has 0 saturated carbocycles. The first kappa shape index (κ1) is 19.3. The van der Waals surface area contributed by atoms with Gasteiger partial charge in [0.1, 0.15) is 0 Å². The predicted octanol–water partition coefficient (Wildman–Crippen LogP) is 3.10. The minimum absolute atomic E-state index is 0.125. The topological polar surface area (TPSA) is 96.4 Å². The second-order valence-corrected chi connectivity index (χ2v) is 6.34. The molecule has 3 rings (SSSR count). The molecule has 0 spiro atoms. The molecule has 0 N–H and O–H groups in total. The monoisotopic (exact) mass is 383 g/mol. The first-order valence-corrected chi connectivity index (χ1v) is 9.08. The fourth-order valence-electron chi connectivity index (χ4n) is 3.17. The molecule has 0 aliphatic carbocycles. The van der Waals surface area contributed by atoms with E-state index in [-0.39, 0.29) is 23.6 Å². The lowest BCUT2D eigenvalue weighted by Gasteiger charge is -2.13. The maximum atomic E-state index is 13.0. The van der Waals surface area contributed by atoms with Crippen molar-refractivity contribution in [3.8, 4) is 0 Å². The Hall–Kier alpha value is -3.42. The molecule has 28 heavy (non-hydrogen) atoms. The molecule has 3 aromatic rings. The Labute approximate surface area is 161 Å². The standard InChI is InChI=1S/C20H21N3O5/c1-2-28-19(24)9-6-12-21-18-11-10-16(23(26)27)13-17(18)20(25)22(21)14-15-7-4-3-5-8-15/h3-5,7-8,10-11,13H,2,6,9,12,14H2,1H3. The SMILES string of the molecule is CCOC(=O)CCCn1c2ccc([N+](=O)[O-])cc2c(=O)n1Cc1ccccc1. The number of nitro benzene ring substituents is 1. The Balaban J connectivity index is 1.99. The molecule has 0 radical (unpaired) electrons.